The molecule has 19 heavy (non-hydrogen) atoms. The van der Waals surface area contributed by atoms with Gasteiger partial charge in [0.2, 0.25) is 0 Å². The lowest BCUT2D eigenvalue weighted by molar-refractivity contribution is -0.173. The summed E-state index contributed by atoms with van der Waals surface area (Å²) in [5.41, 5.74) is -0.224. The van der Waals surface area contributed by atoms with E-state index in [1.54, 1.807) is 5.32 Å². The summed E-state index contributed by atoms with van der Waals surface area (Å²) in [5, 5.41) is 10.4. The van der Waals surface area contributed by atoms with Crippen LogP contribution in [0.2, 0.25) is 0 Å². The van der Waals surface area contributed by atoms with Crippen molar-refractivity contribution in [3.8, 4) is 0 Å². The maximum atomic E-state index is 12.0. The predicted octanol–water partition coefficient (Wildman–Crippen LogP) is 2.58. The first-order valence-corrected chi connectivity index (χ1v) is 6.01. The molecule has 0 aliphatic carbocycles. The number of hydrogen-bond acceptors (Lipinski definition) is 2. The van der Waals surface area contributed by atoms with E-state index in [2.05, 4.69) is 0 Å². The standard InChI is InChI=1S/C12H20F3NO3/c1-11(2,3)8(4-5-9(17)18)6-7-16-10(19)12(13,14)15/h8H,4-7H2,1-3H3,(H,16,19)(H,17,18). The highest BCUT2D eigenvalue weighted by Crippen LogP contribution is 2.32. The second-order valence-corrected chi connectivity index (χ2v) is 5.54. The predicted molar refractivity (Wildman–Crippen MR) is 63.5 cm³/mol. The fourth-order valence-corrected chi connectivity index (χ4v) is 1.77. The quantitative estimate of drug-likeness (QED) is 0.787. The van der Waals surface area contributed by atoms with Crippen LogP contribution in [0.5, 0.6) is 0 Å². The largest absolute Gasteiger partial charge is 0.481 e. The van der Waals surface area contributed by atoms with Gasteiger partial charge in [0, 0.05) is 13.0 Å². The molecule has 0 bridgehead atoms. The normalized spacial score (nSPS) is 14.0. The van der Waals surface area contributed by atoms with Crippen LogP contribution in [0.15, 0.2) is 0 Å². The third kappa shape index (κ3) is 7.69. The molecule has 0 aromatic rings. The Labute approximate surface area is 110 Å². The third-order valence-electron chi connectivity index (χ3n) is 2.97. The number of alkyl halides is 3. The van der Waals surface area contributed by atoms with Crippen molar-refractivity contribution in [1.29, 1.82) is 0 Å². The van der Waals surface area contributed by atoms with Gasteiger partial charge in [0.05, 0.1) is 0 Å². The number of aliphatic carboxylic acids is 1. The lowest BCUT2D eigenvalue weighted by Crippen LogP contribution is -2.38. The van der Waals surface area contributed by atoms with Crippen LogP contribution in [0.25, 0.3) is 0 Å². The van der Waals surface area contributed by atoms with Gasteiger partial charge in [0.25, 0.3) is 0 Å². The minimum absolute atomic E-state index is 0.0326. The SMILES string of the molecule is CC(C)(C)C(CCNC(=O)C(F)(F)F)CCC(=O)O. The van der Waals surface area contributed by atoms with Crippen LogP contribution in [0.4, 0.5) is 13.2 Å². The second kappa shape index (κ2) is 6.77. The highest BCUT2D eigenvalue weighted by atomic mass is 19.4. The van der Waals surface area contributed by atoms with Crippen LogP contribution in [-0.4, -0.2) is 29.7 Å². The molecule has 0 fully saturated rings. The van der Waals surface area contributed by atoms with Gasteiger partial charge in [-0.05, 0) is 24.2 Å². The Bertz CT molecular complexity index is 321. The van der Waals surface area contributed by atoms with E-state index in [0.717, 1.165) is 0 Å². The van der Waals surface area contributed by atoms with Gasteiger partial charge in [0.1, 0.15) is 0 Å². The molecule has 0 aromatic heterocycles. The van der Waals surface area contributed by atoms with Gasteiger partial charge < -0.3 is 10.4 Å². The smallest absolute Gasteiger partial charge is 0.471 e. The number of rotatable bonds is 6. The summed E-state index contributed by atoms with van der Waals surface area (Å²) < 4.78 is 35.9. The molecule has 7 heteroatoms. The molecule has 1 atom stereocenters. The molecule has 0 saturated heterocycles. The van der Waals surface area contributed by atoms with Gasteiger partial charge in [-0.2, -0.15) is 13.2 Å². The molecule has 0 aliphatic heterocycles. The second-order valence-electron chi connectivity index (χ2n) is 5.54. The van der Waals surface area contributed by atoms with Crippen LogP contribution in [0.1, 0.15) is 40.0 Å². The van der Waals surface area contributed by atoms with Crippen molar-refractivity contribution in [2.24, 2.45) is 11.3 Å². The van der Waals surface area contributed by atoms with E-state index in [1.807, 2.05) is 20.8 Å². The molecule has 112 valence electrons. The molecule has 0 aromatic carbocycles. The van der Waals surface area contributed by atoms with Crippen LogP contribution in [0, 0.1) is 11.3 Å². The molecule has 2 N–H and O–H groups in total. The number of nitrogens with one attached hydrogen (secondary N) is 1. The van der Waals surface area contributed by atoms with Crippen molar-refractivity contribution in [2.45, 2.75) is 46.2 Å². The zero-order valence-corrected chi connectivity index (χ0v) is 11.3. The first kappa shape index (κ1) is 17.7. The van der Waals surface area contributed by atoms with E-state index in [4.69, 9.17) is 5.11 Å². The van der Waals surface area contributed by atoms with Crippen molar-refractivity contribution >= 4 is 11.9 Å². The van der Waals surface area contributed by atoms with Crippen LogP contribution < -0.4 is 5.32 Å². The molecule has 0 rings (SSSR count). The molecular weight excluding hydrogens is 263 g/mol. The zero-order valence-electron chi connectivity index (χ0n) is 11.3. The Balaban J connectivity index is 4.29. The zero-order chi connectivity index (χ0) is 15.3. The van der Waals surface area contributed by atoms with Crippen molar-refractivity contribution < 1.29 is 27.9 Å². The summed E-state index contributed by atoms with van der Waals surface area (Å²) in [5.74, 6) is -2.97. The Hall–Kier alpha value is -1.27. The molecule has 1 unspecified atom stereocenters. The average molecular weight is 283 g/mol. The lowest BCUT2D eigenvalue weighted by Gasteiger charge is -2.30. The summed E-state index contributed by atoms with van der Waals surface area (Å²) in [4.78, 5) is 21.2. The van der Waals surface area contributed by atoms with Gasteiger partial charge in [0.15, 0.2) is 0 Å². The van der Waals surface area contributed by atoms with Gasteiger partial charge >= 0.3 is 18.1 Å². The van der Waals surface area contributed by atoms with Crippen molar-refractivity contribution in [3.05, 3.63) is 0 Å². The summed E-state index contributed by atoms with van der Waals surface area (Å²) in [6, 6.07) is 0. The van der Waals surface area contributed by atoms with Crippen LogP contribution in [-0.2, 0) is 9.59 Å². The Kier molecular flexibility index (Phi) is 6.32. The van der Waals surface area contributed by atoms with Crippen LogP contribution >= 0.6 is 0 Å². The molecule has 0 radical (unpaired) electrons. The van der Waals surface area contributed by atoms with Crippen molar-refractivity contribution in [2.75, 3.05) is 6.54 Å². The lowest BCUT2D eigenvalue weighted by atomic mass is 9.76. The number of carboxylic acid groups (broad SMARTS) is 1. The van der Waals surface area contributed by atoms with Gasteiger partial charge in [-0.15, -0.1) is 0 Å². The van der Waals surface area contributed by atoms with E-state index in [0.29, 0.717) is 12.8 Å². The first-order chi connectivity index (χ1) is 8.44. The molecule has 1 amide bonds. The summed E-state index contributed by atoms with van der Waals surface area (Å²) in [6.45, 7) is 5.57. The minimum atomic E-state index is -4.88. The molecular formula is C12H20F3NO3. The van der Waals surface area contributed by atoms with Gasteiger partial charge in [-0.1, -0.05) is 20.8 Å². The minimum Gasteiger partial charge on any atom is -0.481 e. The van der Waals surface area contributed by atoms with Crippen LogP contribution in [0.3, 0.4) is 0 Å². The van der Waals surface area contributed by atoms with E-state index >= 15 is 0 Å². The number of amides is 1. The Morgan fingerprint density at radius 1 is 1.16 bits per heavy atom. The first-order valence-electron chi connectivity index (χ1n) is 6.01. The summed E-state index contributed by atoms with van der Waals surface area (Å²) >= 11 is 0. The van der Waals surface area contributed by atoms with Crippen molar-refractivity contribution in [1.82, 2.24) is 5.32 Å². The summed E-state index contributed by atoms with van der Waals surface area (Å²) in [7, 11) is 0. The number of halogens is 3. The third-order valence-corrected chi connectivity index (χ3v) is 2.97. The maximum Gasteiger partial charge on any atom is 0.471 e. The molecule has 0 saturated carbocycles. The molecule has 4 nitrogen and oxygen atoms in total. The fourth-order valence-electron chi connectivity index (χ4n) is 1.77. The molecule has 0 spiro atoms. The number of hydrogen-bond donors (Lipinski definition) is 2. The molecule has 0 heterocycles. The highest BCUT2D eigenvalue weighted by molar-refractivity contribution is 5.81. The monoisotopic (exact) mass is 283 g/mol. The fraction of sp³-hybridized carbons (Fsp3) is 0.833. The molecule has 0 aliphatic rings. The topological polar surface area (TPSA) is 66.4 Å². The maximum absolute atomic E-state index is 12.0. The average Bonchev–Trinajstić information content (AvgIpc) is 2.18. The summed E-state index contributed by atoms with van der Waals surface area (Å²) in [6.07, 6.45) is -4.22. The van der Waals surface area contributed by atoms with E-state index in [-0.39, 0.29) is 24.3 Å². The van der Waals surface area contributed by atoms with E-state index in [1.165, 1.54) is 0 Å². The van der Waals surface area contributed by atoms with Crippen molar-refractivity contribution in [3.63, 3.8) is 0 Å². The number of carboxylic acids is 1. The Morgan fingerprint density at radius 2 is 1.68 bits per heavy atom. The van der Waals surface area contributed by atoms with Gasteiger partial charge in [-0.25, -0.2) is 0 Å². The number of carbonyl (C=O) groups excluding carboxylic acids is 1. The van der Waals surface area contributed by atoms with Gasteiger partial charge in [-0.3, -0.25) is 9.59 Å². The Morgan fingerprint density at radius 3 is 2.05 bits per heavy atom. The highest BCUT2D eigenvalue weighted by Gasteiger charge is 2.38. The van der Waals surface area contributed by atoms with E-state index in [9.17, 15) is 22.8 Å². The van der Waals surface area contributed by atoms with E-state index < -0.39 is 18.1 Å². The number of carbonyl (C=O) groups is 2.